The lowest BCUT2D eigenvalue weighted by Crippen LogP contribution is -2.40. The molecule has 1 saturated carbocycles. The van der Waals surface area contributed by atoms with E-state index in [4.69, 9.17) is 0 Å². The van der Waals surface area contributed by atoms with E-state index in [1.54, 1.807) is 12.3 Å². The van der Waals surface area contributed by atoms with Gasteiger partial charge in [0.05, 0.1) is 6.20 Å². The van der Waals surface area contributed by atoms with Crippen molar-refractivity contribution in [3.63, 3.8) is 0 Å². The molecule has 1 saturated heterocycles. The molecule has 0 aromatic carbocycles. The third-order valence-corrected chi connectivity index (χ3v) is 4.63. The van der Waals surface area contributed by atoms with Gasteiger partial charge in [-0.1, -0.05) is 6.42 Å². The molecule has 1 aromatic rings. The van der Waals surface area contributed by atoms with Crippen LogP contribution in [0.15, 0.2) is 18.5 Å². The third kappa shape index (κ3) is 2.90. The van der Waals surface area contributed by atoms with E-state index in [-0.39, 0.29) is 11.7 Å². The first-order valence-electron chi connectivity index (χ1n) is 7.60. The number of hydrogen-bond donors (Lipinski definition) is 0. The fraction of sp³-hybridized carbons (Fsp3) is 0.625. The highest BCUT2D eigenvalue weighted by molar-refractivity contribution is 5.82. The maximum Gasteiger partial charge on any atom is 0.141 e. The Hall–Kier alpha value is -1.29. The van der Waals surface area contributed by atoms with Crippen LogP contribution in [0.3, 0.4) is 0 Å². The van der Waals surface area contributed by atoms with E-state index in [0.717, 1.165) is 44.2 Å². The average molecular weight is 276 g/mol. The third-order valence-electron chi connectivity index (χ3n) is 4.63. The van der Waals surface area contributed by atoms with E-state index in [2.05, 4.69) is 9.88 Å². The minimum Gasteiger partial charge on any atom is -0.299 e. The Morgan fingerprint density at radius 2 is 2.15 bits per heavy atom. The fourth-order valence-electron chi connectivity index (χ4n) is 3.70. The number of hydrogen-bond acceptors (Lipinski definition) is 3. The zero-order valence-electron chi connectivity index (χ0n) is 11.7. The summed E-state index contributed by atoms with van der Waals surface area (Å²) in [5, 5.41) is 0. The second-order valence-corrected chi connectivity index (χ2v) is 6.01. The minimum atomic E-state index is -0.285. The van der Waals surface area contributed by atoms with Crippen LogP contribution < -0.4 is 0 Å². The highest BCUT2D eigenvalue weighted by atomic mass is 19.1. The van der Waals surface area contributed by atoms with Crippen LogP contribution >= 0.6 is 0 Å². The molecule has 1 aromatic heterocycles. The molecule has 2 unspecified atom stereocenters. The van der Waals surface area contributed by atoms with E-state index in [1.807, 2.05) is 0 Å². The van der Waals surface area contributed by atoms with Crippen molar-refractivity contribution in [3.8, 4) is 0 Å². The molecule has 0 radical (unpaired) electrons. The van der Waals surface area contributed by atoms with Crippen LogP contribution in [0, 0.1) is 11.7 Å². The Bertz CT molecular complexity index is 491. The van der Waals surface area contributed by atoms with Gasteiger partial charge in [-0.2, -0.15) is 0 Å². The summed E-state index contributed by atoms with van der Waals surface area (Å²) in [5.41, 5.74) is 0.903. The zero-order chi connectivity index (χ0) is 13.9. The molecular weight excluding hydrogens is 255 g/mol. The largest absolute Gasteiger partial charge is 0.299 e. The van der Waals surface area contributed by atoms with Gasteiger partial charge in [0.25, 0.3) is 0 Å². The Kier molecular flexibility index (Phi) is 4.10. The maximum absolute atomic E-state index is 13.2. The predicted octanol–water partition coefficient (Wildman–Crippen LogP) is 2.94. The SMILES string of the molecule is O=C1CCCCC1C1CCCN1Cc1cncc(F)c1. The average Bonchev–Trinajstić information content (AvgIpc) is 2.87. The molecule has 3 rings (SSSR count). The van der Waals surface area contributed by atoms with Gasteiger partial charge in [0.2, 0.25) is 0 Å². The summed E-state index contributed by atoms with van der Waals surface area (Å²) in [6.45, 7) is 1.71. The highest BCUT2D eigenvalue weighted by Crippen LogP contribution is 2.33. The van der Waals surface area contributed by atoms with Gasteiger partial charge in [0.15, 0.2) is 0 Å². The topological polar surface area (TPSA) is 33.2 Å². The lowest BCUT2D eigenvalue weighted by molar-refractivity contribution is -0.126. The minimum absolute atomic E-state index is 0.202. The molecule has 0 N–H and O–H groups in total. The van der Waals surface area contributed by atoms with Gasteiger partial charge in [-0.15, -0.1) is 0 Å². The van der Waals surface area contributed by atoms with Crippen molar-refractivity contribution in [2.45, 2.75) is 51.1 Å². The van der Waals surface area contributed by atoms with E-state index in [9.17, 15) is 9.18 Å². The van der Waals surface area contributed by atoms with E-state index in [0.29, 0.717) is 18.4 Å². The van der Waals surface area contributed by atoms with Crippen molar-refractivity contribution in [1.82, 2.24) is 9.88 Å². The van der Waals surface area contributed by atoms with Crippen molar-refractivity contribution < 1.29 is 9.18 Å². The van der Waals surface area contributed by atoms with E-state index in [1.165, 1.54) is 12.6 Å². The van der Waals surface area contributed by atoms with Crippen LogP contribution in [0.4, 0.5) is 4.39 Å². The van der Waals surface area contributed by atoms with Crippen molar-refractivity contribution >= 4 is 5.78 Å². The van der Waals surface area contributed by atoms with Crippen molar-refractivity contribution in [3.05, 3.63) is 29.8 Å². The number of Topliss-reactive ketones (excluding diaryl/α,β-unsaturated/α-hetero) is 1. The summed E-state index contributed by atoms with van der Waals surface area (Å²) in [7, 11) is 0. The van der Waals surface area contributed by atoms with Crippen LogP contribution in [-0.4, -0.2) is 28.3 Å². The van der Waals surface area contributed by atoms with Gasteiger partial charge in [-0.05, 0) is 43.9 Å². The van der Waals surface area contributed by atoms with Crippen molar-refractivity contribution in [1.29, 1.82) is 0 Å². The molecule has 0 amide bonds. The second-order valence-electron chi connectivity index (χ2n) is 6.01. The Labute approximate surface area is 119 Å². The Balaban J connectivity index is 1.70. The number of likely N-dealkylation sites (tertiary alicyclic amines) is 1. The van der Waals surface area contributed by atoms with Crippen molar-refractivity contribution in [2.24, 2.45) is 5.92 Å². The molecule has 20 heavy (non-hydrogen) atoms. The number of rotatable bonds is 3. The normalized spacial score (nSPS) is 27.9. The molecule has 0 spiro atoms. The lowest BCUT2D eigenvalue weighted by atomic mass is 9.82. The molecule has 2 fully saturated rings. The van der Waals surface area contributed by atoms with Gasteiger partial charge in [0, 0.05) is 31.1 Å². The summed E-state index contributed by atoms with van der Waals surface area (Å²) >= 11 is 0. The molecule has 2 atom stereocenters. The Morgan fingerprint density at radius 3 is 2.95 bits per heavy atom. The van der Waals surface area contributed by atoms with E-state index >= 15 is 0 Å². The number of pyridine rings is 1. The summed E-state index contributed by atoms with van der Waals surface area (Å²) in [6, 6.07) is 1.90. The molecule has 4 heteroatoms. The summed E-state index contributed by atoms with van der Waals surface area (Å²) in [5.74, 6) is 0.352. The second kappa shape index (κ2) is 6.00. The number of aromatic nitrogens is 1. The molecule has 1 aliphatic carbocycles. The van der Waals surface area contributed by atoms with Gasteiger partial charge in [-0.3, -0.25) is 14.7 Å². The summed E-state index contributed by atoms with van der Waals surface area (Å²) in [4.78, 5) is 18.4. The number of ketones is 1. The first-order chi connectivity index (χ1) is 9.74. The number of nitrogens with zero attached hydrogens (tertiary/aromatic N) is 2. The standard InChI is InChI=1S/C16H21FN2O/c17-13-8-12(9-18-10-13)11-19-7-3-5-15(19)14-4-1-2-6-16(14)20/h8-10,14-15H,1-7,11H2. The highest BCUT2D eigenvalue weighted by Gasteiger charge is 2.36. The van der Waals surface area contributed by atoms with Gasteiger partial charge < -0.3 is 0 Å². The monoisotopic (exact) mass is 276 g/mol. The van der Waals surface area contributed by atoms with Crippen LogP contribution in [0.1, 0.15) is 44.1 Å². The van der Waals surface area contributed by atoms with Crippen LogP contribution in [-0.2, 0) is 11.3 Å². The molecule has 0 bridgehead atoms. The molecule has 2 heterocycles. The van der Waals surface area contributed by atoms with Crippen LogP contribution in [0.5, 0.6) is 0 Å². The van der Waals surface area contributed by atoms with Crippen LogP contribution in [0.2, 0.25) is 0 Å². The summed E-state index contributed by atoms with van der Waals surface area (Å²) < 4.78 is 13.2. The molecule has 108 valence electrons. The first kappa shape index (κ1) is 13.7. The Morgan fingerprint density at radius 1 is 1.25 bits per heavy atom. The first-order valence-corrected chi connectivity index (χ1v) is 7.60. The number of carbonyl (C=O) groups excluding carboxylic acids is 1. The van der Waals surface area contributed by atoms with Gasteiger partial charge >= 0.3 is 0 Å². The smallest absolute Gasteiger partial charge is 0.141 e. The van der Waals surface area contributed by atoms with Gasteiger partial charge in [0.1, 0.15) is 11.6 Å². The lowest BCUT2D eigenvalue weighted by Gasteiger charge is -2.33. The number of halogens is 1. The predicted molar refractivity (Wildman–Crippen MR) is 74.6 cm³/mol. The van der Waals surface area contributed by atoms with Gasteiger partial charge in [-0.25, -0.2) is 4.39 Å². The molecule has 2 aliphatic rings. The number of carbonyl (C=O) groups is 1. The summed E-state index contributed by atoms with van der Waals surface area (Å²) in [6.07, 6.45) is 9.18. The molecule has 3 nitrogen and oxygen atoms in total. The zero-order valence-corrected chi connectivity index (χ0v) is 11.7. The van der Waals surface area contributed by atoms with Crippen LogP contribution in [0.25, 0.3) is 0 Å². The maximum atomic E-state index is 13.2. The fourth-order valence-corrected chi connectivity index (χ4v) is 3.70. The quantitative estimate of drug-likeness (QED) is 0.851. The van der Waals surface area contributed by atoms with Crippen molar-refractivity contribution in [2.75, 3.05) is 6.54 Å². The molecule has 1 aliphatic heterocycles. The van der Waals surface area contributed by atoms with E-state index < -0.39 is 0 Å². The molecular formula is C16H21FN2O.